The van der Waals surface area contributed by atoms with Crippen LogP contribution < -0.4 is 5.32 Å². The first-order valence-electron chi connectivity index (χ1n) is 5.24. The fourth-order valence-electron chi connectivity index (χ4n) is 1.56. The largest absolute Gasteiger partial charge is 0.465 e. The van der Waals surface area contributed by atoms with Crippen molar-refractivity contribution < 1.29 is 14.3 Å². The van der Waals surface area contributed by atoms with Gasteiger partial charge in [-0.3, -0.25) is 0 Å². The molecule has 16 heavy (non-hydrogen) atoms. The molecule has 2 rings (SSSR count). The van der Waals surface area contributed by atoms with Crippen LogP contribution >= 0.6 is 0 Å². The summed E-state index contributed by atoms with van der Waals surface area (Å²) in [7, 11) is 1.38. The van der Waals surface area contributed by atoms with E-state index in [1.807, 2.05) is 19.1 Å². The van der Waals surface area contributed by atoms with Gasteiger partial charge in [0.05, 0.1) is 31.9 Å². The summed E-state index contributed by atoms with van der Waals surface area (Å²) >= 11 is 0. The van der Waals surface area contributed by atoms with Gasteiger partial charge in [-0.25, -0.2) is 4.79 Å². The summed E-state index contributed by atoms with van der Waals surface area (Å²) in [6.07, 6.45) is 0. The van der Waals surface area contributed by atoms with Crippen molar-refractivity contribution in [2.45, 2.75) is 13.0 Å². The molecule has 86 valence electrons. The number of carbonyl (C=O) groups is 1. The van der Waals surface area contributed by atoms with Gasteiger partial charge >= 0.3 is 5.97 Å². The Morgan fingerprint density at radius 1 is 1.50 bits per heavy atom. The van der Waals surface area contributed by atoms with E-state index in [4.69, 9.17) is 4.74 Å². The third-order valence-electron chi connectivity index (χ3n) is 2.66. The van der Waals surface area contributed by atoms with Gasteiger partial charge in [0.15, 0.2) is 0 Å². The van der Waals surface area contributed by atoms with E-state index < -0.39 is 0 Å². The number of rotatable bonds is 3. The molecule has 0 saturated carbocycles. The Morgan fingerprint density at radius 3 is 2.81 bits per heavy atom. The predicted octanol–water partition coefficient (Wildman–Crippen LogP) is 1.59. The van der Waals surface area contributed by atoms with Gasteiger partial charge in [-0.05, 0) is 24.6 Å². The minimum absolute atomic E-state index is 0.312. The van der Waals surface area contributed by atoms with Crippen molar-refractivity contribution in [1.29, 1.82) is 0 Å². The second kappa shape index (κ2) is 4.53. The fourth-order valence-corrected chi connectivity index (χ4v) is 1.56. The van der Waals surface area contributed by atoms with Gasteiger partial charge in [0.2, 0.25) is 0 Å². The Bertz CT molecular complexity index is 399. The van der Waals surface area contributed by atoms with E-state index in [0.717, 1.165) is 24.5 Å². The van der Waals surface area contributed by atoms with E-state index in [1.54, 1.807) is 6.07 Å². The quantitative estimate of drug-likeness (QED) is 0.787. The van der Waals surface area contributed by atoms with Crippen LogP contribution in [0.3, 0.4) is 0 Å². The molecular formula is C12H15NO3. The van der Waals surface area contributed by atoms with Crippen LogP contribution in [0.5, 0.6) is 0 Å². The maximum atomic E-state index is 11.4. The van der Waals surface area contributed by atoms with Crippen molar-refractivity contribution in [1.82, 2.24) is 0 Å². The van der Waals surface area contributed by atoms with Crippen LogP contribution in [0.25, 0.3) is 0 Å². The van der Waals surface area contributed by atoms with E-state index in [9.17, 15) is 4.79 Å². The highest BCUT2D eigenvalue weighted by molar-refractivity contribution is 5.90. The number of anilines is 1. The Morgan fingerprint density at radius 2 is 2.25 bits per heavy atom. The van der Waals surface area contributed by atoms with Crippen LogP contribution in [0.1, 0.15) is 15.9 Å². The molecule has 1 N–H and O–H groups in total. The Hall–Kier alpha value is -1.55. The molecule has 1 aromatic carbocycles. The van der Waals surface area contributed by atoms with Crippen molar-refractivity contribution in [3.8, 4) is 0 Å². The standard InChI is InChI=1S/C12H15NO3/c1-8-3-4-9(12(14)15-2)5-11(8)13-10-6-16-7-10/h3-5,10,13H,6-7H2,1-2H3. The summed E-state index contributed by atoms with van der Waals surface area (Å²) in [4.78, 5) is 11.4. The third kappa shape index (κ3) is 2.17. The summed E-state index contributed by atoms with van der Waals surface area (Å²) in [5, 5.41) is 3.33. The number of methoxy groups -OCH3 is 1. The zero-order valence-corrected chi connectivity index (χ0v) is 9.45. The van der Waals surface area contributed by atoms with E-state index in [1.165, 1.54) is 7.11 Å². The van der Waals surface area contributed by atoms with E-state index in [2.05, 4.69) is 10.1 Å². The molecule has 0 aliphatic carbocycles. The fraction of sp³-hybridized carbons (Fsp3) is 0.417. The lowest BCUT2D eigenvalue weighted by Gasteiger charge is -2.28. The molecule has 0 radical (unpaired) electrons. The zero-order chi connectivity index (χ0) is 11.5. The molecule has 1 aliphatic heterocycles. The number of carbonyl (C=O) groups excluding carboxylic acids is 1. The molecule has 0 bridgehead atoms. The van der Waals surface area contributed by atoms with Crippen LogP contribution in [0.2, 0.25) is 0 Å². The second-order valence-electron chi connectivity index (χ2n) is 3.90. The molecule has 0 atom stereocenters. The Kier molecular flexibility index (Phi) is 3.10. The number of hydrogen-bond donors (Lipinski definition) is 1. The normalized spacial score (nSPS) is 15.4. The van der Waals surface area contributed by atoms with Gasteiger partial charge in [0.1, 0.15) is 0 Å². The minimum atomic E-state index is -0.312. The third-order valence-corrected chi connectivity index (χ3v) is 2.66. The van der Waals surface area contributed by atoms with Crippen LogP contribution in [0.15, 0.2) is 18.2 Å². The maximum Gasteiger partial charge on any atom is 0.337 e. The lowest BCUT2D eigenvalue weighted by molar-refractivity contribution is 0.0211. The van der Waals surface area contributed by atoms with Gasteiger partial charge in [0, 0.05) is 5.69 Å². The second-order valence-corrected chi connectivity index (χ2v) is 3.90. The highest BCUT2D eigenvalue weighted by Crippen LogP contribution is 2.20. The molecule has 1 heterocycles. The average molecular weight is 221 g/mol. The summed E-state index contributed by atoms with van der Waals surface area (Å²) in [5.41, 5.74) is 2.64. The summed E-state index contributed by atoms with van der Waals surface area (Å²) < 4.78 is 9.78. The molecule has 1 fully saturated rings. The Balaban J connectivity index is 2.17. The number of benzene rings is 1. The highest BCUT2D eigenvalue weighted by atomic mass is 16.5. The Labute approximate surface area is 94.6 Å². The maximum absolute atomic E-state index is 11.4. The summed E-state index contributed by atoms with van der Waals surface area (Å²) in [6.45, 7) is 3.45. The highest BCUT2D eigenvalue weighted by Gasteiger charge is 2.19. The molecule has 1 aromatic rings. The molecule has 0 spiro atoms. The van der Waals surface area contributed by atoms with Crippen molar-refractivity contribution in [3.63, 3.8) is 0 Å². The molecule has 0 aromatic heterocycles. The predicted molar refractivity (Wildman–Crippen MR) is 60.7 cm³/mol. The van der Waals surface area contributed by atoms with Gasteiger partial charge in [0.25, 0.3) is 0 Å². The van der Waals surface area contributed by atoms with E-state index >= 15 is 0 Å². The van der Waals surface area contributed by atoms with Gasteiger partial charge in [-0.1, -0.05) is 6.07 Å². The lowest BCUT2D eigenvalue weighted by Crippen LogP contribution is -2.40. The van der Waals surface area contributed by atoms with E-state index in [-0.39, 0.29) is 5.97 Å². The summed E-state index contributed by atoms with van der Waals surface area (Å²) in [6, 6.07) is 5.85. The number of hydrogen-bond acceptors (Lipinski definition) is 4. The first-order valence-corrected chi connectivity index (χ1v) is 5.24. The topological polar surface area (TPSA) is 47.6 Å². The van der Waals surface area contributed by atoms with E-state index in [0.29, 0.717) is 11.6 Å². The number of aryl methyl sites for hydroxylation is 1. The minimum Gasteiger partial charge on any atom is -0.465 e. The first-order chi connectivity index (χ1) is 7.70. The summed E-state index contributed by atoms with van der Waals surface area (Å²) in [5.74, 6) is -0.312. The van der Waals surface area contributed by atoms with Crippen molar-refractivity contribution in [2.75, 3.05) is 25.6 Å². The molecule has 1 saturated heterocycles. The van der Waals surface area contributed by atoms with Gasteiger partial charge < -0.3 is 14.8 Å². The van der Waals surface area contributed by atoms with Gasteiger partial charge in [-0.15, -0.1) is 0 Å². The SMILES string of the molecule is COC(=O)c1ccc(C)c(NC2COC2)c1. The monoisotopic (exact) mass is 221 g/mol. The molecule has 4 heteroatoms. The van der Waals surface area contributed by atoms with Gasteiger partial charge in [-0.2, -0.15) is 0 Å². The average Bonchev–Trinajstić information content (AvgIpc) is 2.24. The molecule has 0 amide bonds. The van der Waals surface area contributed by atoms with Crippen molar-refractivity contribution >= 4 is 11.7 Å². The van der Waals surface area contributed by atoms with Crippen LogP contribution in [-0.4, -0.2) is 32.3 Å². The van der Waals surface area contributed by atoms with Crippen LogP contribution in [0.4, 0.5) is 5.69 Å². The molecule has 1 aliphatic rings. The van der Waals surface area contributed by atoms with Crippen LogP contribution in [0, 0.1) is 6.92 Å². The molecule has 4 nitrogen and oxygen atoms in total. The first kappa shape index (κ1) is 11.0. The number of nitrogens with one attached hydrogen (secondary N) is 1. The number of ether oxygens (including phenoxy) is 2. The van der Waals surface area contributed by atoms with Crippen molar-refractivity contribution in [3.05, 3.63) is 29.3 Å². The van der Waals surface area contributed by atoms with Crippen molar-refractivity contribution in [2.24, 2.45) is 0 Å². The van der Waals surface area contributed by atoms with Crippen LogP contribution in [-0.2, 0) is 9.47 Å². The lowest BCUT2D eigenvalue weighted by atomic mass is 10.1. The molecule has 0 unspecified atom stereocenters. The zero-order valence-electron chi connectivity index (χ0n) is 9.45. The molecular weight excluding hydrogens is 206 g/mol. The smallest absolute Gasteiger partial charge is 0.337 e. The number of esters is 1.